The molecule has 2 rings (SSSR count). The van der Waals surface area contributed by atoms with Crippen molar-refractivity contribution in [3.63, 3.8) is 0 Å². The van der Waals surface area contributed by atoms with E-state index in [-0.39, 0.29) is 11.6 Å². The van der Waals surface area contributed by atoms with Crippen molar-refractivity contribution in [1.29, 1.82) is 0 Å². The molecule has 1 fully saturated rings. The van der Waals surface area contributed by atoms with Crippen molar-refractivity contribution in [3.8, 4) is 0 Å². The van der Waals surface area contributed by atoms with Crippen molar-refractivity contribution >= 4 is 33.2 Å². The van der Waals surface area contributed by atoms with E-state index in [1.807, 2.05) is 0 Å². The van der Waals surface area contributed by atoms with Gasteiger partial charge in [-0.2, -0.15) is 0 Å². The maximum atomic E-state index is 11.9. The van der Waals surface area contributed by atoms with Crippen LogP contribution in [0.3, 0.4) is 0 Å². The van der Waals surface area contributed by atoms with Crippen molar-refractivity contribution < 1.29 is 9.72 Å². The minimum atomic E-state index is -0.468. The summed E-state index contributed by atoms with van der Waals surface area (Å²) in [5.74, 6) is 0.371. The van der Waals surface area contributed by atoms with E-state index in [0.29, 0.717) is 22.5 Å². The monoisotopic (exact) mass is 341 g/mol. The maximum absolute atomic E-state index is 11.9. The number of nitrogens with one attached hydrogen (secondary N) is 2. The fraction of sp³-hybridized carbons (Fsp3) is 0.462. The lowest BCUT2D eigenvalue weighted by molar-refractivity contribution is -0.385. The molecular weight excluding hydrogens is 326 g/mol. The van der Waals surface area contributed by atoms with Gasteiger partial charge in [0.15, 0.2) is 0 Å². The number of halogens is 1. The molecule has 1 aromatic carbocycles. The molecule has 2 N–H and O–H groups in total. The van der Waals surface area contributed by atoms with E-state index in [1.165, 1.54) is 6.07 Å². The van der Waals surface area contributed by atoms with E-state index in [2.05, 4.69) is 26.6 Å². The van der Waals surface area contributed by atoms with E-state index in [1.54, 1.807) is 12.1 Å². The standard InChI is InChI=1S/C13H16BrN3O3/c14-11-8-10(1-2-12(11)17(19)20)16-13(18)7-9-3-5-15-6-4-9/h1-2,8-9,15H,3-7H2,(H,16,18). The summed E-state index contributed by atoms with van der Waals surface area (Å²) in [5, 5.41) is 16.7. The minimum Gasteiger partial charge on any atom is -0.326 e. The zero-order chi connectivity index (χ0) is 14.5. The van der Waals surface area contributed by atoms with Crippen LogP contribution in [0.4, 0.5) is 11.4 Å². The Balaban J connectivity index is 1.93. The van der Waals surface area contributed by atoms with Crippen LogP contribution in [0.1, 0.15) is 19.3 Å². The molecule has 1 aliphatic heterocycles. The third-order valence-electron chi connectivity index (χ3n) is 3.36. The smallest absolute Gasteiger partial charge is 0.283 e. The molecule has 20 heavy (non-hydrogen) atoms. The Morgan fingerprint density at radius 3 is 2.75 bits per heavy atom. The van der Waals surface area contributed by atoms with Gasteiger partial charge >= 0.3 is 0 Å². The van der Waals surface area contributed by atoms with Gasteiger partial charge in [-0.3, -0.25) is 14.9 Å². The van der Waals surface area contributed by atoms with Gasteiger partial charge in [0.1, 0.15) is 0 Å². The predicted molar refractivity (Wildman–Crippen MR) is 79.6 cm³/mol. The minimum absolute atomic E-state index is 0.0126. The molecule has 0 atom stereocenters. The molecule has 1 amide bonds. The third-order valence-corrected chi connectivity index (χ3v) is 4.00. The number of carbonyl (C=O) groups excluding carboxylic acids is 1. The largest absolute Gasteiger partial charge is 0.326 e. The summed E-state index contributed by atoms with van der Waals surface area (Å²) >= 11 is 3.13. The first kappa shape index (κ1) is 14.9. The Morgan fingerprint density at radius 1 is 1.45 bits per heavy atom. The third kappa shape index (κ3) is 4.01. The van der Waals surface area contributed by atoms with Crippen LogP contribution in [-0.2, 0) is 4.79 Å². The van der Waals surface area contributed by atoms with Crippen LogP contribution in [0.15, 0.2) is 22.7 Å². The van der Waals surface area contributed by atoms with Crippen molar-refractivity contribution in [2.24, 2.45) is 5.92 Å². The van der Waals surface area contributed by atoms with Gasteiger partial charge in [-0.1, -0.05) is 0 Å². The summed E-state index contributed by atoms with van der Waals surface area (Å²) in [6.45, 7) is 1.92. The van der Waals surface area contributed by atoms with Gasteiger partial charge in [0, 0.05) is 18.2 Å². The van der Waals surface area contributed by atoms with Gasteiger partial charge < -0.3 is 10.6 Å². The molecule has 0 saturated carbocycles. The molecule has 1 saturated heterocycles. The number of carbonyl (C=O) groups is 1. The zero-order valence-corrected chi connectivity index (χ0v) is 12.5. The van der Waals surface area contributed by atoms with Crippen LogP contribution < -0.4 is 10.6 Å². The van der Waals surface area contributed by atoms with Crippen molar-refractivity contribution in [2.75, 3.05) is 18.4 Å². The van der Waals surface area contributed by atoms with Crippen LogP contribution in [0, 0.1) is 16.0 Å². The molecule has 0 aliphatic carbocycles. The Morgan fingerprint density at radius 2 is 2.15 bits per heavy atom. The van der Waals surface area contributed by atoms with Gasteiger partial charge in [0.25, 0.3) is 5.69 Å². The van der Waals surface area contributed by atoms with Gasteiger partial charge in [0.2, 0.25) is 5.91 Å². The number of nitro groups is 1. The molecule has 0 radical (unpaired) electrons. The fourth-order valence-corrected chi connectivity index (χ4v) is 2.82. The van der Waals surface area contributed by atoms with E-state index in [4.69, 9.17) is 0 Å². The van der Waals surface area contributed by atoms with E-state index < -0.39 is 4.92 Å². The molecule has 0 spiro atoms. The van der Waals surface area contributed by atoms with Crippen LogP contribution in [0.5, 0.6) is 0 Å². The number of amides is 1. The summed E-state index contributed by atoms with van der Waals surface area (Å²) in [6.07, 6.45) is 2.52. The Bertz CT molecular complexity index is 516. The first-order valence-electron chi connectivity index (χ1n) is 6.51. The second-order valence-electron chi connectivity index (χ2n) is 4.87. The summed E-state index contributed by atoms with van der Waals surface area (Å²) in [7, 11) is 0. The number of nitro benzene ring substituents is 1. The second kappa shape index (κ2) is 6.81. The number of hydrogen-bond donors (Lipinski definition) is 2. The molecule has 0 unspecified atom stereocenters. The molecule has 6 nitrogen and oxygen atoms in total. The van der Waals surface area contributed by atoms with E-state index in [9.17, 15) is 14.9 Å². The Kier molecular flexibility index (Phi) is 5.08. The molecule has 108 valence electrons. The van der Waals surface area contributed by atoms with Crippen LogP contribution in [0.2, 0.25) is 0 Å². The Hall–Kier alpha value is -1.47. The zero-order valence-electron chi connectivity index (χ0n) is 10.9. The van der Waals surface area contributed by atoms with Gasteiger partial charge in [0.05, 0.1) is 9.40 Å². The lowest BCUT2D eigenvalue weighted by Gasteiger charge is -2.21. The molecule has 0 bridgehead atoms. The van der Waals surface area contributed by atoms with Crippen molar-refractivity contribution in [1.82, 2.24) is 5.32 Å². The maximum Gasteiger partial charge on any atom is 0.283 e. The number of piperidine rings is 1. The highest BCUT2D eigenvalue weighted by Crippen LogP contribution is 2.28. The molecule has 1 aromatic rings. The molecule has 1 heterocycles. The fourth-order valence-electron chi connectivity index (χ4n) is 2.29. The normalized spacial score (nSPS) is 15.8. The summed E-state index contributed by atoms with van der Waals surface area (Å²) in [4.78, 5) is 22.2. The quantitative estimate of drug-likeness (QED) is 0.651. The summed E-state index contributed by atoms with van der Waals surface area (Å²) in [6, 6.07) is 4.48. The average Bonchev–Trinajstić information content (AvgIpc) is 2.39. The molecule has 7 heteroatoms. The number of hydrogen-bond acceptors (Lipinski definition) is 4. The molecule has 1 aliphatic rings. The SMILES string of the molecule is O=C(CC1CCNCC1)Nc1ccc([N+](=O)[O-])c(Br)c1. The molecule has 0 aromatic heterocycles. The molecular formula is C13H16BrN3O3. The van der Waals surface area contributed by atoms with E-state index >= 15 is 0 Å². The van der Waals surface area contributed by atoms with Crippen LogP contribution in [-0.4, -0.2) is 23.9 Å². The number of nitrogens with zero attached hydrogens (tertiary/aromatic N) is 1. The summed E-state index contributed by atoms with van der Waals surface area (Å²) in [5.41, 5.74) is 0.558. The van der Waals surface area contributed by atoms with Crippen molar-refractivity contribution in [2.45, 2.75) is 19.3 Å². The Labute approximate surface area is 125 Å². The van der Waals surface area contributed by atoms with Crippen LogP contribution in [0.25, 0.3) is 0 Å². The number of rotatable bonds is 4. The van der Waals surface area contributed by atoms with Gasteiger partial charge in [-0.05, 0) is 59.9 Å². The predicted octanol–water partition coefficient (Wildman–Crippen LogP) is 2.69. The van der Waals surface area contributed by atoms with Gasteiger partial charge in [-0.25, -0.2) is 0 Å². The lowest BCUT2D eigenvalue weighted by atomic mass is 9.94. The topological polar surface area (TPSA) is 84.3 Å². The van der Waals surface area contributed by atoms with Gasteiger partial charge in [-0.15, -0.1) is 0 Å². The van der Waals surface area contributed by atoms with Crippen molar-refractivity contribution in [3.05, 3.63) is 32.8 Å². The van der Waals surface area contributed by atoms with Crippen LogP contribution >= 0.6 is 15.9 Å². The first-order valence-corrected chi connectivity index (χ1v) is 7.30. The summed E-state index contributed by atoms with van der Waals surface area (Å²) < 4.78 is 0.363. The first-order chi connectivity index (χ1) is 9.56. The lowest BCUT2D eigenvalue weighted by Crippen LogP contribution is -2.30. The van der Waals surface area contributed by atoms with E-state index in [0.717, 1.165) is 25.9 Å². The highest BCUT2D eigenvalue weighted by molar-refractivity contribution is 9.10. The number of benzene rings is 1. The average molecular weight is 342 g/mol. The highest BCUT2D eigenvalue weighted by Gasteiger charge is 2.17. The number of anilines is 1. The highest BCUT2D eigenvalue weighted by atomic mass is 79.9. The second-order valence-corrected chi connectivity index (χ2v) is 5.72.